The number of nitrogen functional groups attached to an aromatic ring is 1. The van der Waals surface area contributed by atoms with Gasteiger partial charge in [0.05, 0.1) is 17.1 Å². The van der Waals surface area contributed by atoms with E-state index in [9.17, 15) is 4.79 Å². The van der Waals surface area contributed by atoms with Gasteiger partial charge in [-0.1, -0.05) is 17.8 Å². The van der Waals surface area contributed by atoms with Gasteiger partial charge in [-0.15, -0.1) is 5.10 Å². The summed E-state index contributed by atoms with van der Waals surface area (Å²) < 4.78 is 0. The number of carbonyl (C=O) groups excluding carboxylic acids is 1. The second kappa shape index (κ2) is 5.75. The number of amides is 1. The molecule has 0 aliphatic carbocycles. The summed E-state index contributed by atoms with van der Waals surface area (Å²) in [5.41, 5.74) is 8.07. The van der Waals surface area contributed by atoms with Crippen LogP contribution in [0.15, 0.2) is 23.4 Å². The minimum atomic E-state index is -0.136. The summed E-state index contributed by atoms with van der Waals surface area (Å²) >= 11 is 1.27. The van der Waals surface area contributed by atoms with Crippen molar-refractivity contribution in [2.75, 3.05) is 16.8 Å². The first kappa shape index (κ1) is 13.4. The van der Waals surface area contributed by atoms with E-state index in [0.717, 1.165) is 11.4 Å². The average Bonchev–Trinajstić information content (AvgIpc) is 2.76. The van der Waals surface area contributed by atoms with Crippen molar-refractivity contribution in [3.05, 3.63) is 29.6 Å². The lowest BCUT2D eigenvalue weighted by Gasteiger charge is -2.08. The number of hydrogen-bond donors (Lipinski definition) is 3. The van der Waals surface area contributed by atoms with Gasteiger partial charge in [0, 0.05) is 0 Å². The van der Waals surface area contributed by atoms with Crippen molar-refractivity contribution in [3.8, 4) is 0 Å². The first-order valence-corrected chi connectivity index (χ1v) is 6.71. The molecule has 0 saturated carbocycles. The highest BCUT2D eigenvalue weighted by Crippen LogP contribution is 2.20. The Balaban J connectivity index is 1.90. The molecular weight excluding hydrogens is 262 g/mol. The third kappa shape index (κ3) is 3.72. The molecule has 7 heteroatoms. The number of H-pyrrole nitrogens is 1. The predicted octanol–water partition coefficient (Wildman–Crippen LogP) is 1.73. The molecule has 6 nitrogen and oxygen atoms in total. The third-order valence-corrected chi connectivity index (χ3v) is 3.24. The summed E-state index contributed by atoms with van der Waals surface area (Å²) in [6, 6.07) is 5.52. The van der Waals surface area contributed by atoms with E-state index in [4.69, 9.17) is 5.73 Å². The van der Waals surface area contributed by atoms with Gasteiger partial charge < -0.3 is 11.1 Å². The van der Waals surface area contributed by atoms with Gasteiger partial charge in [0.1, 0.15) is 5.82 Å². The van der Waals surface area contributed by atoms with Crippen LogP contribution in [0.2, 0.25) is 0 Å². The molecule has 0 fully saturated rings. The van der Waals surface area contributed by atoms with Crippen molar-refractivity contribution < 1.29 is 4.79 Å². The van der Waals surface area contributed by atoms with Gasteiger partial charge in [0.15, 0.2) is 0 Å². The number of hydrogen-bond acceptors (Lipinski definition) is 5. The topological polar surface area (TPSA) is 96.7 Å². The lowest BCUT2D eigenvalue weighted by atomic mass is 10.2. The van der Waals surface area contributed by atoms with Gasteiger partial charge in [-0.3, -0.25) is 9.89 Å². The number of aromatic amines is 1. The lowest BCUT2D eigenvalue weighted by Crippen LogP contribution is -2.15. The maximum Gasteiger partial charge on any atom is 0.234 e. The first-order chi connectivity index (χ1) is 9.04. The van der Waals surface area contributed by atoms with Crippen molar-refractivity contribution in [2.24, 2.45) is 0 Å². The number of anilines is 2. The van der Waals surface area contributed by atoms with Crippen molar-refractivity contribution in [2.45, 2.75) is 19.0 Å². The highest BCUT2D eigenvalue weighted by atomic mass is 32.2. The molecule has 19 heavy (non-hydrogen) atoms. The fourth-order valence-corrected chi connectivity index (χ4v) is 2.14. The van der Waals surface area contributed by atoms with Crippen LogP contribution in [0.4, 0.5) is 11.4 Å². The Morgan fingerprint density at radius 2 is 2.26 bits per heavy atom. The molecule has 1 aromatic heterocycles. The van der Waals surface area contributed by atoms with Crippen molar-refractivity contribution in [1.29, 1.82) is 0 Å². The van der Waals surface area contributed by atoms with Crippen molar-refractivity contribution in [3.63, 3.8) is 0 Å². The van der Waals surface area contributed by atoms with E-state index in [2.05, 4.69) is 20.5 Å². The Morgan fingerprint density at radius 1 is 1.47 bits per heavy atom. The lowest BCUT2D eigenvalue weighted by molar-refractivity contribution is -0.113. The van der Waals surface area contributed by atoms with Crippen LogP contribution in [-0.4, -0.2) is 26.8 Å². The Kier molecular flexibility index (Phi) is 4.06. The van der Waals surface area contributed by atoms with Crippen molar-refractivity contribution >= 4 is 29.0 Å². The molecule has 1 heterocycles. The number of nitrogens with two attached hydrogens (primary N) is 1. The van der Waals surface area contributed by atoms with Gasteiger partial charge in [-0.05, 0) is 31.5 Å². The van der Waals surface area contributed by atoms with E-state index in [1.54, 1.807) is 6.07 Å². The molecule has 0 atom stereocenters. The standard InChI is InChI=1S/C12H15N5OS/c1-7-3-4-10(9(13)5-7)15-11(18)6-19-12-14-8(2)16-17-12/h3-5H,6,13H2,1-2H3,(H,15,18)(H,14,16,17). The van der Waals surface area contributed by atoms with E-state index in [1.165, 1.54) is 11.8 Å². The molecular formula is C12H15N5OS. The molecule has 100 valence electrons. The summed E-state index contributed by atoms with van der Waals surface area (Å²) in [5, 5.41) is 9.99. The molecule has 2 aromatic rings. The molecule has 2 rings (SSSR count). The highest BCUT2D eigenvalue weighted by molar-refractivity contribution is 7.99. The maximum atomic E-state index is 11.8. The molecule has 0 spiro atoms. The van der Waals surface area contributed by atoms with E-state index < -0.39 is 0 Å². The van der Waals surface area contributed by atoms with Crippen LogP contribution in [0.3, 0.4) is 0 Å². The number of thioether (sulfide) groups is 1. The number of nitrogens with zero attached hydrogens (tertiary/aromatic N) is 2. The monoisotopic (exact) mass is 277 g/mol. The summed E-state index contributed by atoms with van der Waals surface area (Å²) in [4.78, 5) is 15.9. The molecule has 4 N–H and O–H groups in total. The second-order valence-corrected chi connectivity index (χ2v) is 5.07. The quantitative estimate of drug-likeness (QED) is 0.584. The van der Waals surface area contributed by atoms with E-state index >= 15 is 0 Å². The zero-order chi connectivity index (χ0) is 13.8. The van der Waals surface area contributed by atoms with Crippen molar-refractivity contribution in [1.82, 2.24) is 15.2 Å². The fraction of sp³-hybridized carbons (Fsp3) is 0.250. The zero-order valence-corrected chi connectivity index (χ0v) is 11.5. The Hall–Kier alpha value is -2.02. The highest BCUT2D eigenvalue weighted by Gasteiger charge is 2.08. The number of benzene rings is 1. The summed E-state index contributed by atoms with van der Waals surface area (Å²) in [5.74, 6) is 0.832. The van der Waals surface area contributed by atoms with E-state index in [-0.39, 0.29) is 11.7 Å². The van der Waals surface area contributed by atoms with E-state index in [1.807, 2.05) is 26.0 Å². The van der Waals surface area contributed by atoms with Gasteiger partial charge >= 0.3 is 0 Å². The van der Waals surface area contributed by atoms with Crippen LogP contribution >= 0.6 is 11.8 Å². The largest absolute Gasteiger partial charge is 0.397 e. The summed E-state index contributed by atoms with van der Waals surface area (Å²) in [6.07, 6.45) is 0. The number of nitrogens with one attached hydrogen (secondary N) is 2. The summed E-state index contributed by atoms with van der Waals surface area (Å²) in [6.45, 7) is 3.76. The van der Waals surface area contributed by atoms with Crippen LogP contribution in [0.5, 0.6) is 0 Å². The Labute approximate surface area is 115 Å². The number of rotatable bonds is 4. The van der Waals surface area contributed by atoms with Crippen LogP contribution in [0.1, 0.15) is 11.4 Å². The van der Waals surface area contributed by atoms with Gasteiger partial charge in [0.2, 0.25) is 11.1 Å². The minimum Gasteiger partial charge on any atom is -0.397 e. The molecule has 0 aliphatic rings. The third-order valence-electron chi connectivity index (χ3n) is 2.39. The Morgan fingerprint density at radius 3 is 2.89 bits per heavy atom. The maximum absolute atomic E-state index is 11.8. The smallest absolute Gasteiger partial charge is 0.234 e. The molecule has 0 saturated heterocycles. The molecule has 0 unspecified atom stereocenters. The number of aryl methyl sites for hydroxylation is 2. The van der Waals surface area contributed by atoms with Crippen LogP contribution < -0.4 is 11.1 Å². The van der Waals surface area contributed by atoms with E-state index in [0.29, 0.717) is 16.5 Å². The first-order valence-electron chi connectivity index (χ1n) is 5.72. The molecule has 0 radical (unpaired) electrons. The van der Waals surface area contributed by atoms with Gasteiger partial charge in [-0.25, -0.2) is 4.98 Å². The Bertz CT molecular complexity index is 596. The van der Waals surface area contributed by atoms with Gasteiger partial charge in [-0.2, -0.15) is 0 Å². The molecule has 0 aliphatic heterocycles. The SMILES string of the molecule is Cc1ccc(NC(=O)CSc2n[nH]c(C)n2)c(N)c1. The second-order valence-electron chi connectivity index (χ2n) is 4.13. The summed E-state index contributed by atoms with van der Waals surface area (Å²) in [7, 11) is 0. The molecule has 0 bridgehead atoms. The fourth-order valence-electron chi connectivity index (χ4n) is 1.50. The average molecular weight is 277 g/mol. The normalized spacial score (nSPS) is 10.4. The minimum absolute atomic E-state index is 0.136. The molecule has 1 aromatic carbocycles. The molecule has 1 amide bonds. The van der Waals surface area contributed by atoms with Crippen LogP contribution in [-0.2, 0) is 4.79 Å². The van der Waals surface area contributed by atoms with Crippen LogP contribution in [0, 0.1) is 13.8 Å². The predicted molar refractivity (Wildman–Crippen MR) is 76.1 cm³/mol. The number of carbonyl (C=O) groups is 1. The van der Waals surface area contributed by atoms with Gasteiger partial charge in [0.25, 0.3) is 0 Å². The van der Waals surface area contributed by atoms with Crippen LogP contribution in [0.25, 0.3) is 0 Å². The number of aromatic nitrogens is 3. The zero-order valence-electron chi connectivity index (χ0n) is 10.7.